The average Bonchev–Trinajstić information content (AvgIpc) is 3.24. The molecule has 4 heteroatoms. The van der Waals surface area contributed by atoms with Crippen LogP contribution in [0.1, 0.15) is 49.4 Å². The Labute approximate surface area is 143 Å². The molecular weight excluding hydrogens is 302 g/mol. The Bertz CT molecular complexity index is 592. The number of ether oxygens (including phenoxy) is 2. The molecule has 1 amide bonds. The monoisotopic (exact) mass is 329 g/mol. The molecule has 3 fully saturated rings. The third-order valence-electron chi connectivity index (χ3n) is 6.09. The minimum absolute atomic E-state index is 0.0231. The summed E-state index contributed by atoms with van der Waals surface area (Å²) in [6.07, 6.45) is 6.71. The lowest BCUT2D eigenvalue weighted by Crippen LogP contribution is -2.63. The van der Waals surface area contributed by atoms with E-state index in [4.69, 9.17) is 9.47 Å². The fourth-order valence-corrected chi connectivity index (χ4v) is 4.99. The molecule has 4 rings (SSSR count). The van der Waals surface area contributed by atoms with E-state index < -0.39 is 0 Å². The molecule has 0 radical (unpaired) electrons. The van der Waals surface area contributed by atoms with Gasteiger partial charge in [-0.05, 0) is 37.5 Å². The van der Waals surface area contributed by atoms with Gasteiger partial charge in [0.1, 0.15) is 5.75 Å². The molecule has 1 heterocycles. The highest BCUT2D eigenvalue weighted by Gasteiger charge is 2.57. The summed E-state index contributed by atoms with van der Waals surface area (Å²) in [5.41, 5.74) is 0.688. The van der Waals surface area contributed by atoms with Gasteiger partial charge in [-0.2, -0.15) is 0 Å². The number of fused-ring (bicyclic) bond motifs is 1. The summed E-state index contributed by atoms with van der Waals surface area (Å²) >= 11 is 0. The highest BCUT2D eigenvalue weighted by Crippen LogP contribution is 2.51. The second-order valence-electron chi connectivity index (χ2n) is 7.37. The number of hydrogen-bond acceptors (Lipinski definition) is 3. The van der Waals surface area contributed by atoms with Gasteiger partial charge < -0.3 is 14.8 Å². The van der Waals surface area contributed by atoms with E-state index in [-0.39, 0.29) is 11.9 Å². The SMILES string of the molecule is CCOc1cccc(C(=O)N[C@H]2[C@@H]3CCO[C@@H]3[C@@H]2C2CCCC2)c1. The van der Waals surface area contributed by atoms with E-state index in [9.17, 15) is 4.79 Å². The van der Waals surface area contributed by atoms with Crippen LogP contribution in [-0.2, 0) is 4.74 Å². The van der Waals surface area contributed by atoms with Crippen molar-refractivity contribution in [2.24, 2.45) is 17.8 Å². The molecule has 1 saturated heterocycles. The van der Waals surface area contributed by atoms with Crippen molar-refractivity contribution in [2.45, 2.75) is 51.2 Å². The molecule has 2 saturated carbocycles. The zero-order valence-electron chi connectivity index (χ0n) is 14.4. The van der Waals surface area contributed by atoms with Crippen molar-refractivity contribution in [3.05, 3.63) is 29.8 Å². The molecule has 1 aliphatic heterocycles. The van der Waals surface area contributed by atoms with Crippen molar-refractivity contribution in [2.75, 3.05) is 13.2 Å². The summed E-state index contributed by atoms with van der Waals surface area (Å²) in [6.45, 7) is 3.41. The second-order valence-corrected chi connectivity index (χ2v) is 7.37. The Hall–Kier alpha value is -1.55. The first-order valence-electron chi connectivity index (χ1n) is 9.43. The van der Waals surface area contributed by atoms with E-state index in [1.807, 2.05) is 31.2 Å². The van der Waals surface area contributed by atoms with Crippen LogP contribution in [0.5, 0.6) is 5.75 Å². The maximum Gasteiger partial charge on any atom is 0.251 e. The molecule has 0 bridgehead atoms. The van der Waals surface area contributed by atoms with Gasteiger partial charge in [0, 0.05) is 30.0 Å². The summed E-state index contributed by atoms with van der Waals surface area (Å²) in [7, 11) is 0. The van der Waals surface area contributed by atoms with Crippen LogP contribution < -0.4 is 10.1 Å². The van der Waals surface area contributed by atoms with Gasteiger partial charge in [0.25, 0.3) is 5.91 Å². The maximum atomic E-state index is 12.7. The number of hydrogen-bond donors (Lipinski definition) is 1. The summed E-state index contributed by atoms with van der Waals surface area (Å²) in [5.74, 6) is 2.53. The van der Waals surface area contributed by atoms with E-state index >= 15 is 0 Å². The van der Waals surface area contributed by atoms with Crippen molar-refractivity contribution in [3.8, 4) is 5.75 Å². The van der Waals surface area contributed by atoms with Crippen LogP contribution >= 0.6 is 0 Å². The summed E-state index contributed by atoms with van der Waals surface area (Å²) < 4.78 is 11.5. The fourth-order valence-electron chi connectivity index (χ4n) is 4.99. The van der Waals surface area contributed by atoms with Crippen molar-refractivity contribution < 1.29 is 14.3 Å². The third kappa shape index (κ3) is 2.81. The summed E-state index contributed by atoms with van der Waals surface area (Å²) in [6, 6.07) is 7.76. The molecule has 0 unspecified atom stereocenters. The van der Waals surface area contributed by atoms with Crippen LogP contribution in [0.2, 0.25) is 0 Å². The summed E-state index contributed by atoms with van der Waals surface area (Å²) in [5, 5.41) is 3.33. The Balaban J connectivity index is 1.46. The Morgan fingerprint density at radius 3 is 2.92 bits per heavy atom. The predicted octanol–water partition coefficient (Wildman–Crippen LogP) is 3.41. The quantitative estimate of drug-likeness (QED) is 0.900. The van der Waals surface area contributed by atoms with Crippen molar-refractivity contribution >= 4 is 5.91 Å². The standard InChI is InChI=1S/C20H27NO3/c1-2-23-15-9-5-8-14(12-15)20(22)21-18-16-10-11-24-19(16)17(18)13-6-3-4-7-13/h5,8-9,12-13,16-19H,2-4,6-7,10-11H2,1H3,(H,21,22)/t16-,17+,18-,19-/m0/s1. The number of rotatable bonds is 5. The Morgan fingerprint density at radius 2 is 2.12 bits per heavy atom. The van der Waals surface area contributed by atoms with Gasteiger partial charge in [-0.15, -0.1) is 0 Å². The van der Waals surface area contributed by atoms with Gasteiger partial charge in [-0.3, -0.25) is 4.79 Å². The Kier molecular flexibility index (Phi) is 4.49. The van der Waals surface area contributed by atoms with Gasteiger partial charge in [0.2, 0.25) is 0 Å². The van der Waals surface area contributed by atoms with Crippen molar-refractivity contribution in [3.63, 3.8) is 0 Å². The lowest BCUT2D eigenvalue weighted by atomic mass is 9.61. The molecule has 0 aromatic heterocycles. The lowest BCUT2D eigenvalue weighted by molar-refractivity contribution is -0.0784. The van der Waals surface area contributed by atoms with Gasteiger partial charge in [0.15, 0.2) is 0 Å². The van der Waals surface area contributed by atoms with Crippen LogP contribution in [0.15, 0.2) is 24.3 Å². The molecule has 0 spiro atoms. The topological polar surface area (TPSA) is 47.6 Å². The highest BCUT2D eigenvalue weighted by molar-refractivity contribution is 5.94. The molecule has 3 aliphatic rings. The average molecular weight is 329 g/mol. The normalized spacial score (nSPS) is 32.2. The first kappa shape index (κ1) is 15.9. The number of nitrogens with one attached hydrogen (secondary N) is 1. The first-order valence-corrected chi connectivity index (χ1v) is 9.43. The minimum atomic E-state index is 0.0231. The molecular formula is C20H27NO3. The number of carbonyl (C=O) groups is 1. The largest absolute Gasteiger partial charge is 0.494 e. The van der Waals surface area contributed by atoms with Gasteiger partial charge >= 0.3 is 0 Å². The zero-order chi connectivity index (χ0) is 16.5. The highest BCUT2D eigenvalue weighted by atomic mass is 16.5. The van der Waals surface area contributed by atoms with Crippen LogP contribution in [0, 0.1) is 17.8 Å². The molecule has 1 aromatic carbocycles. The smallest absolute Gasteiger partial charge is 0.251 e. The predicted molar refractivity (Wildman–Crippen MR) is 92.2 cm³/mol. The van der Waals surface area contributed by atoms with E-state index in [2.05, 4.69) is 5.32 Å². The molecule has 1 aromatic rings. The Morgan fingerprint density at radius 1 is 1.29 bits per heavy atom. The molecule has 4 atom stereocenters. The lowest BCUT2D eigenvalue weighted by Gasteiger charge is -2.50. The van der Waals surface area contributed by atoms with Crippen LogP contribution in [-0.4, -0.2) is 31.3 Å². The van der Waals surface area contributed by atoms with Gasteiger partial charge in [-0.25, -0.2) is 0 Å². The number of benzene rings is 1. The fraction of sp³-hybridized carbons (Fsp3) is 0.650. The molecule has 4 nitrogen and oxygen atoms in total. The molecule has 24 heavy (non-hydrogen) atoms. The minimum Gasteiger partial charge on any atom is -0.494 e. The van der Waals surface area contributed by atoms with Crippen LogP contribution in [0.25, 0.3) is 0 Å². The maximum absolute atomic E-state index is 12.7. The van der Waals surface area contributed by atoms with Crippen molar-refractivity contribution in [1.29, 1.82) is 0 Å². The third-order valence-corrected chi connectivity index (χ3v) is 6.09. The van der Waals surface area contributed by atoms with Gasteiger partial charge in [-0.1, -0.05) is 31.7 Å². The van der Waals surface area contributed by atoms with E-state index in [0.717, 1.165) is 24.7 Å². The van der Waals surface area contributed by atoms with E-state index in [0.29, 0.717) is 30.1 Å². The molecule has 2 aliphatic carbocycles. The van der Waals surface area contributed by atoms with E-state index in [1.165, 1.54) is 25.7 Å². The van der Waals surface area contributed by atoms with Gasteiger partial charge in [0.05, 0.1) is 12.7 Å². The molecule has 1 N–H and O–H groups in total. The second kappa shape index (κ2) is 6.75. The van der Waals surface area contributed by atoms with Crippen molar-refractivity contribution in [1.82, 2.24) is 5.32 Å². The zero-order valence-corrected chi connectivity index (χ0v) is 14.4. The first-order chi connectivity index (χ1) is 11.8. The van der Waals surface area contributed by atoms with Crippen LogP contribution in [0.3, 0.4) is 0 Å². The number of amides is 1. The summed E-state index contributed by atoms with van der Waals surface area (Å²) in [4.78, 5) is 12.7. The van der Waals surface area contributed by atoms with E-state index in [1.54, 1.807) is 0 Å². The van der Waals surface area contributed by atoms with Crippen LogP contribution in [0.4, 0.5) is 0 Å². The molecule has 130 valence electrons. The number of carbonyl (C=O) groups excluding carboxylic acids is 1.